The summed E-state index contributed by atoms with van der Waals surface area (Å²) >= 11 is 0. The first kappa shape index (κ1) is 12.4. The largest absolute Gasteiger partial charge is 0.481 e. The topological polar surface area (TPSA) is 60.8 Å². The van der Waals surface area contributed by atoms with Crippen LogP contribution in [-0.4, -0.2) is 30.3 Å². The third-order valence-corrected chi connectivity index (χ3v) is 2.20. The number of halogens is 1. The molecule has 1 aromatic carbocycles. The van der Waals surface area contributed by atoms with Crippen molar-refractivity contribution in [3.05, 3.63) is 29.6 Å². The minimum atomic E-state index is -1.13. The Morgan fingerprint density at radius 2 is 2.12 bits per heavy atom. The van der Waals surface area contributed by atoms with Gasteiger partial charge >= 0.3 is 5.97 Å². The van der Waals surface area contributed by atoms with E-state index < -0.39 is 24.3 Å². The molecule has 4 nitrogen and oxygen atoms in total. The number of carbonyl (C=O) groups is 1. The van der Waals surface area contributed by atoms with Crippen molar-refractivity contribution in [2.75, 3.05) is 19.0 Å². The summed E-state index contributed by atoms with van der Waals surface area (Å²) in [6.07, 6.45) is -1.53. The van der Waals surface area contributed by atoms with Crippen LogP contribution in [0.3, 0.4) is 0 Å². The number of benzene rings is 1. The van der Waals surface area contributed by atoms with E-state index in [0.29, 0.717) is 11.3 Å². The lowest BCUT2D eigenvalue weighted by atomic mass is 10.0. The molecule has 0 heterocycles. The highest BCUT2D eigenvalue weighted by Crippen LogP contribution is 2.27. The van der Waals surface area contributed by atoms with Gasteiger partial charge in [-0.25, -0.2) is 4.39 Å². The van der Waals surface area contributed by atoms with Crippen LogP contribution in [0.5, 0.6) is 0 Å². The molecule has 2 N–H and O–H groups in total. The fourth-order valence-electron chi connectivity index (χ4n) is 1.46. The van der Waals surface area contributed by atoms with E-state index >= 15 is 0 Å². The van der Waals surface area contributed by atoms with Crippen LogP contribution in [-0.2, 0) is 4.79 Å². The second-order valence-corrected chi connectivity index (χ2v) is 3.71. The third-order valence-electron chi connectivity index (χ3n) is 2.20. The lowest BCUT2D eigenvalue weighted by Crippen LogP contribution is -2.15. The zero-order valence-electron chi connectivity index (χ0n) is 9.14. The molecule has 0 saturated carbocycles. The van der Waals surface area contributed by atoms with Crippen LogP contribution >= 0.6 is 0 Å². The van der Waals surface area contributed by atoms with E-state index in [1.165, 1.54) is 18.2 Å². The monoisotopic (exact) mass is 227 g/mol. The molecule has 0 fully saturated rings. The Balaban J connectivity index is 3.07. The van der Waals surface area contributed by atoms with Gasteiger partial charge in [0.1, 0.15) is 5.82 Å². The maximum Gasteiger partial charge on any atom is 0.306 e. The molecular weight excluding hydrogens is 213 g/mol. The molecule has 1 rings (SSSR count). The van der Waals surface area contributed by atoms with Gasteiger partial charge in [-0.2, -0.15) is 0 Å². The van der Waals surface area contributed by atoms with Crippen molar-refractivity contribution in [2.45, 2.75) is 12.5 Å². The Hall–Kier alpha value is -1.62. The van der Waals surface area contributed by atoms with Crippen LogP contribution in [0.1, 0.15) is 18.1 Å². The van der Waals surface area contributed by atoms with Crippen molar-refractivity contribution < 1.29 is 19.4 Å². The molecule has 1 atom stereocenters. The lowest BCUT2D eigenvalue weighted by molar-refractivity contribution is -0.139. The zero-order valence-corrected chi connectivity index (χ0v) is 9.14. The SMILES string of the molecule is CN(C)c1cc(F)ccc1C(O)CC(=O)O. The molecule has 16 heavy (non-hydrogen) atoms. The number of hydrogen-bond acceptors (Lipinski definition) is 3. The van der Waals surface area contributed by atoms with Gasteiger partial charge in [0.05, 0.1) is 12.5 Å². The van der Waals surface area contributed by atoms with Crippen molar-refractivity contribution in [2.24, 2.45) is 0 Å². The van der Waals surface area contributed by atoms with Gasteiger partial charge < -0.3 is 15.1 Å². The van der Waals surface area contributed by atoms with E-state index in [0.717, 1.165) is 0 Å². The first-order valence-electron chi connectivity index (χ1n) is 4.78. The van der Waals surface area contributed by atoms with Crippen LogP contribution in [0.2, 0.25) is 0 Å². The summed E-state index contributed by atoms with van der Waals surface area (Å²) in [5.41, 5.74) is 0.891. The van der Waals surface area contributed by atoms with Crippen molar-refractivity contribution in [1.82, 2.24) is 0 Å². The molecule has 0 saturated heterocycles. The standard InChI is InChI=1S/C11H14FNO3/c1-13(2)9-5-7(12)3-4-8(9)10(14)6-11(15)16/h3-5,10,14H,6H2,1-2H3,(H,15,16). The van der Waals surface area contributed by atoms with Gasteiger partial charge in [-0.1, -0.05) is 6.07 Å². The molecule has 0 aromatic heterocycles. The molecule has 0 radical (unpaired) electrons. The van der Waals surface area contributed by atoms with Gasteiger partial charge in [-0.05, 0) is 12.1 Å². The van der Waals surface area contributed by atoms with Gasteiger partial charge in [-0.3, -0.25) is 4.79 Å². The Bertz CT molecular complexity index is 393. The van der Waals surface area contributed by atoms with Gasteiger partial charge in [0.2, 0.25) is 0 Å². The Kier molecular flexibility index (Phi) is 3.84. The highest BCUT2D eigenvalue weighted by atomic mass is 19.1. The minimum Gasteiger partial charge on any atom is -0.481 e. The second kappa shape index (κ2) is 4.94. The molecule has 0 spiro atoms. The average molecular weight is 227 g/mol. The summed E-state index contributed by atoms with van der Waals surface area (Å²) < 4.78 is 13.0. The number of hydrogen-bond donors (Lipinski definition) is 2. The lowest BCUT2D eigenvalue weighted by Gasteiger charge is -2.20. The van der Waals surface area contributed by atoms with Crippen LogP contribution in [0.15, 0.2) is 18.2 Å². The first-order valence-corrected chi connectivity index (χ1v) is 4.78. The van der Waals surface area contributed by atoms with Crippen LogP contribution in [0.25, 0.3) is 0 Å². The van der Waals surface area contributed by atoms with E-state index in [9.17, 15) is 14.3 Å². The predicted octanol–water partition coefficient (Wildman–Crippen LogP) is 1.40. The molecule has 0 aliphatic rings. The zero-order chi connectivity index (χ0) is 12.3. The Morgan fingerprint density at radius 1 is 1.50 bits per heavy atom. The van der Waals surface area contributed by atoms with E-state index in [1.807, 2.05) is 0 Å². The molecule has 0 aliphatic heterocycles. The molecule has 1 unspecified atom stereocenters. The number of nitrogens with zero attached hydrogens (tertiary/aromatic N) is 1. The number of rotatable bonds is 4. The van der Waals surface area contributed by atoms with Gasteiger partial charge in [0.25, 0.3) is 0 Å². The maximum absolute atomic E-state index is 13.0. The first-order chi connectivity index (χ1) is 7.41. The van der Waals surface area contributed by atoms with Gasteiger partial charge in [-0.15, -0.1) is 0 Å². The summed E-state index contributed by atoms with van der Waals surface area (Å²) in [4.78, 5) is 12.1. The number of carboxylic acids is 1. The van der Waals surface area contributed by atoms with E-state index in [2.05, 4.69) is 0 Å². The van der Waals surface area contributed by atoms with E-state index in [4.69, 9.17) is 5.11 Å². The summed E-state index contributed by atoms with van der Waals surface area (Å²) in [6.45, 7) is 0. The summed E-state index contributed by atoms with van der Waals surface area (Å²) in [5, 5.41) is 18.3. The molecule has 0 amide bonds. The number of aliphatic hydroxyl groups excluding tert-OH is 1. The smallest absolute Gasteiger partial charge is 0.306 e. The number of anilines is 1. The van der Waals surface area contributed by atoms with Crippen molar-refractivity contribution in [1.29, 1.82) is 0 Å². The van der Waals surface area contributed by atoms with Crippen molar-refractivity contribution in [3.8, 4) is 0 Å². The van der Waals surface area contributed by atoms with Crippen molar-refractivity contribution in [3.63, 3.8) is 0 Å². The highest BCUT2D eigenvalue weighted by molar-refractivity contribution is 5.68. The van der Waals surface area contributed by atoms with Crippen LogP contribution in [0.4, 0.5) is 10.1 Å². The summed E-state index contributed by atoms with van der Waals surface area (Å²) in [5.74, 6) is -1.52. The Labute approximate surface area is 92.9 Å². The quantitative estimate of drug-likeness (QED) is 0.816. The maximum atomic E-state index is 13.0. The van der Waals surface area contributed by atoms with Crippen LogP contribution < -0.4 is 4.90 Å². The molecule has 0 bridgehead atoms. The second-order valence-electron chi connectivity index (χ2n) is 3.71. The summed E-state index contributed by atoms with van der Waals surface area (Å²) in [7, 11) is 3.40. The summed E-state index contributed by atoms with van der Waals surface area (Å²) in [6, 6.07) is 3.87. The number of carboxylic acid groups (broad SMARTS) is 1. The highest BCUT2D eigenvalue weighted by Gasteiger charge is 2.17. The number of aliphatic carboxylic acids is 1. The average Bonchev–Trinajstić information content (AvgIpc) is 2.16. The van der Waals surface area contributed by atoms with E-state index in [-0.39, 0.29) is 0 Å². The molecule has 1 aromatic rings. The van der Waals surface area contributed by atoms with Gasteiger partial charge in [0.15, 0.2) is 0 Å². The molecular formula is C11H14FNO3. The fourth-order valence-corrected chi connectivity index (χ4v) is 1.46. The minimum absolute atomic E-state index is 0.396. The van der Waals surface area contributed by atoms with Crippen molar-refractivity contribution >= 4 is 11.7 Å². The van der Waals surface area contributed by atoms with Crippen LogP contribution in [0, 0.1) is 5.82 Å². The molecule has 88 valence electrons. The third kappa shape index (κ3) is 2.93. The van der Waals surface area contributed by atoms with Gasteiger partial charge in [0, 0.05) is 25.3 Å². The number of aliphatic hydroxyl groups is 1. The van der Waals surface area contributed by atoms with E-state index in [1.54, 1.807) is 19.0 Å². The predicted molar refractivity (Wildman–Crippen MR) is 57.9 cm³/mol. The molecule has 0 aliphatic carbocycles. The Morgan fingerprint density at radius 3 is 2.62 bits per heavy atom. The normalized spacial score (nSPS) is 12.2. The fraction of sp³-hybridized carbons (Fsp3) is 0.364. The molecule has 5 heteroatoms.